The van der Waals surface area contributed by atoms with Crippen LogP contribution in [-0.4, -0.2) is 29.0 Å². The van der Waals surface area contributed by atoms with Gasteiger partial charge in [-0.25, -0.2) is 8.78 Å². The Bertz CT molecular complexity index is 1180. The molecule has 32 heavy (non-hydrogen) atoms. The Morgan fingerprint density at radius 1 is 1.25 bits per heavy atom. The van der Waals surface area contributed by atoms with Crippen LogP contribution in [0.1, 0.15) is 37.3 Å². The first-order valence-corrected chi connectivity index (χ1v) is 10.6. The van der Waals surface area contributed by atoms with Gasteiger partial charge < -0.3 is 15.5 Å². The normalized spacial score (nSPS) is 24.3. The third-order valence-electron chi connectivity index (χ3n) is 6.91. The van der Waals surface area contributed by atoms with E-state index in [-0.39, 0.29) is 17.7 Å². The first kappa shape index (κ1) is 20.6. The molecule has 1 atom stereocenters. The number of nitrogens with one attached hydrogen (secondary N) is 2. The molecule has 2 aromatic carbocycles. The van der Waals surface area contributed by atoms with Crippen LogP contribution in [0.2, 0.25) is 0 Å². The summed E-state index contributed by atoms with van der Waals surface area (Å²) in [6.07, 6.45) is 5.43. The highest BCUT2D eigenvalue weighted by atomic mass is 19.1. The molecule has 8 heteroatoms. The lowest BCUT2D eigenvalue weighted by atomic mass is 9.35. The van der Waals surface area contributed by atoms with Crippen LogP contribution in [0.25, 0.3) is 10.9 Å². The number of benzene rings is 2. The van der Waals surface area contributed by atoms with Gasteiger partial charge in [0.15, 0.2) is 0 Å². The van der Waals surface area contributed by atoms with Gasteiger partial charge in [0.2, 0.25) is 5.91 Å². The minimum Gasteiger partial charge on any atom is -0.497 e. The molecule has 1 heterocycles. The molecule has 1 unspecified atom stereocenters. The monoisotopic (exact) mass is 438 g/mol. The number of nitrogens with zero attached hydrogens (tertiary/aromatic N) is 2. The number of fused-ring (bicyclic) bond motifs is 1. The molecule has 6 rings (SSSR count). The van der Waals surface area contributed by atoms with Gasteiger partial charge in [0.1, 0.15) is 17.4 Å². The van der Waals surface area contributed by atoms with Crippen LogP contribution >= 0.6 is 0 Å². The van der Waals surface area contributed by atoms with Crippen LogP contribution in [-0.2, 0) is 11.3 Å². The van der Waals surface area contributed by atoms with E-state index in [0.717, 1.165) is 54.7 Å². The van der Waals surface area contributed by atoms with E-state index in [2.05, 4.69) is 10.4 Å². The second-order valence-electron chi connectivity index (χ2n) is 9.21. The standard InChI is InChI=1S/C24H24F2N4O2/c1-32-19-3-2-15-10-28-30(21(15)9-19)14-23-11-24(12-23,13-23)22(31)29-20(4-5-27)16-6-17(25)8-18(26)7-16/h2-3,5-10,20,27H,4,11-14H2,1H3,(H,29,31). The summed E-state index contributed by atoms with van der Waals surface area (Å²) in [4.78, 5) is 13.0. The van der Waals surface area contributed by atoms with Crippen LogP contribution in [0.15, 0.2) is 42.6 Å². The van der Waals surface area contributed by atoms with Crippen molar-refractivity contribution >= 4 is 23.0 Å². The lowest BCUT2D eigenvalue weighted by Crippen LogP contribution is -2.69. The quantitative estimate of drug-likeness (QED) is 0.512. The van der Waals surface area contributed by atoms with Gasteiger partial charge in [0.05, 0.1) is 30.3 Å². The first-order chi connectivity index (χ1) is 15.4. The molecule has 3 fully saturated rings. The Kier molecular flexibility index (Phi) is 4.76. The van der Waals surface area contributed by atoms with Gasteiger partial charge in [-0.15, -0.1) is 0 Å². The van der Waals surface area contributed by atoms with E-state index >= 15 is 0 Å². The Morgan fingerprint density at radius 3 is 2.62 bits per heavy atom. The Hall–Kier alpha value is -3.29. The molecule has 2 bridgehead atoms. The summed E-state index contributed by atoms with van der Waals surface area (Å²) in [6.45, 7) is 0.734. The molecular weight excluding hydrogens is 414 g/mol. The van der Waals surface area contributed by atoms with E-state index in [4.69, 9.17) is 10.1 Å². The molecule has 1 aromatic heterocycles. The fraction of sp³-hybridized carbons (Fsp3) is 0.375. The van der Waals surface area contributed by atoms with E-state index in [9.17, 15) is 13.6 Å². The van der Waals surface area contributed by atoms with Crippen LogP contribution in [0.4, 0.5) is 8.78 Å². The number of rotatable bonds is 8. The van der Waals surface area contributed by atoms with Gasteiger partial charge in [0.25, 0.3) is 0 Å². The maximum Gasteiger partial charge on any atom is 0.226 e. The lowest BCUT2D eigenvalue weighted by molar-refractivity contribution is -0.213. The molecule has 0 saturated heterocycles. The third-order valence-corrected chi connectivity index (χ3v) is 6.91. The number of carbonyl (C=O) groups excluding carboxylic acids is 1. The van der Waals surface area contributed by atoms with Gasteiger partial charge in [-0.05, 0) is 60.7 Å². The highest BCUT2D eigenvalue weighted by Gasteiger charge is 2.71. The molecule has 6 nitrogen and oxygen atoms in total. The molecule has 0 spiro atoms. The molecule has 3 aliphatic carbocycles. The molecule has 0 aliphatic heterocycles. The number of carbonyl (C=O) groups is 1. The zero-order chi connectivity index (χ0) is 22.5. The number of ether oxygens (including phenoxy) is 1. The fourth-order valence-electron chi connectivity index (χ4n) is 5.51. The predicted molar refractivity (Wildman–Crippen MR) is 116 cm³/mol. The summed E-state index contributed by atoms with van der Waals surface area (Å²) in [5, 5.41) is 15.9. The number of hydrogen-bond acceptors (Lipinski definition) is 4. The number of halogens is 2. The van der Waals surface area contributed by atoms with Crippen molar-refractivity contribution in [3.8, 4) is 5.75 Å². The maximum absolute atomic E-state index is 13.6. The van der Waals surface area contributed by atoms with Gasteiger partial charge in [-0.3, -0.25) is 9.48 Å². The molecule has 166 valence electrons. The van der Waals surface area contributed by atoms with Crippen molar-refractivity contribution in [2.24, 2.45) is 10.8 Å². The van der Waals surface area contributed by atoms with Crippen LogP contribution in [0.5, 0.6) is 5.75 Å². The number of aromatic nitrogens is 2. The second-order valence-corrected chi connectivity index (χ2v) is 9.21. The van der Waals surface area contributed by atoms with Gasteiger partial charge in [0, 0.05) is 30.5 Å². The van der Waals surface area contributed by atoms with Crippen molar-refractivity contribution in [3.05, 3.63) is 59.8 Å². The largest absolute Gasteiger partial charge is 0.497 e. The highest BCUT2D eigenvalue weighted by Crippen LogP contribution is 2.74. The second kappa shape index (κ2) is 7.39. The van der Waals surface area contributed by atoms with Gasteiger partial charge >= 0.3 is 0 Å². The molecule has 2 N–H and O–H groups in total. The molecule has 3 aromatic rings. The third kappa shape index (κ3) is 3.34. The zero-order valence-electron chi connectivity index (χ0n) is 17.7. The van der Waals surface area contributed by atoms with E-state index in [1.807, 2.05) is 29.1 Å². The number of methoxy groups -OCH3 is 1. The number of hydrogen-bond donors (Lipinski definition) is 2. The summed E-state index contributed by atoms with van der Waals surface area (Å²) in [5.74, 6) is -0.727. The van der Waals surface area contributed by atoms with Crippen molar-refractivity contribution < 1.29 is 18.3 Å². The van der Waals surface area contributed by atoms with Gasteiger partial charge in [-0.2, -0.15) is 5.10 Å². The van der Waals surface area contributed by atoms with E-state index in [1.165, 1.54) is 12.1 Å². The Labute approximate surface area is 184 Å². The summed E-state index contributed by atoms with van der Waals surface area (Å²) >= 11 is 0. The summed E-state index contributed by atoms with van der Waals surface area (Å²) in [6, 6.07) is 8.44. The topological polar surface area (TPSA) is 80.0 Å². The first-order valence-electron chi connectivity index (χ1n) is 10.6. The average molecular weight is 438 g/mol. The zero-order valence-corrected chi connectivity index (χ0v) is 17.7. The maximum atomic E-state index is 13.6. The smallest absolute Gasteiger partial charge is 0.226 e. The van der Waals surface area contributed by atoms with Crippen LogP contribution in [0.3, 0.4) is 0 Å². The summed E-state index contributed by atoms with van der Waals surface area (Å²) in [7, 11) is 1.63. The summed E-state index contributed by atoms with van der Waals surface area (Å²) in [5.41, 5.74) is 0.943. The SMILES string of the molecule is COc1ccc2cnn(CC34CC(C(=O)NC(CC=N)c5cc(F)cc(F)c5)(C3)C4)c2c1. The van der Waals surface area contributed by atoms with E-state index in [0.29, 0.717) is 5.56 Å². The van der Waals surface area contributed by atoms with Gasteiger partial charge in [-0.1, -0.05) is 0 Å². The average Bonchev–Trinajstić information content (AvgIpc) is 3.10. The van der Waals surface area contributed by atoms with Crippen molar-refractivity contribution in [1.82, 2.24) is 15.1 Å². The highest BCUT2D eigenvalue weighted by molar-refractivity contribution is 5.87. The van der Waals surface area contributed by atoms with Crippen LogP contribution < -0.4 is 10.1 Å². The van der Waals surface area contributed by atoms with Crippen LogP contribution in [0, 0.1) is 27.9 Å². The van der Waals surface area contributed by atoms with Crippen molar-refractivity contribution in [2.45, 2.75) is 38.3 Å². The van der Waals surface area contributed by atoms with Crippen molar-refractivity contribution in [1.29, 1.82) is 5.41 Å². The predicted octanol–water partition coefficient (Wildman–Crippen LogP) is 4.39. The molecular formula is C24H24F2N4O2. The Balaban J connectivity index is 1.27. The molecule has 1 amide bonds. The van der Waals surface area contributed by atoms with Crippen molar-refractivity contribution in [2.75, 3.05) is 7.11 Å². The van der Waals surface area contributed by atoms with E-state index < -0.39 is 23.1 Å². The summed E-state index contributed by atoms with van der Waals surface area (Å²) < 4.78 is 34.6. The molecule has 3 saturated carbocycles. The molecule has 0 radical (unpaired) electrons. The van der Waals surface area contributed by atoms with Crippen molar-refractivity contribution in [3.63, 3.8) is 0 Å². The number of amides is 1. The lowest BCUT2D eigenvalue weighted by Gasteiger charge is -2.69. The van der Waals surface area contributed by atoms with E-state index in [1.54, 1.807) is 7.11 Å². The minimum absolute atomic E-state index is 0.0430. The molecule has 3 aliphatic rings. The fourth-order valence-corrected chi connectivity index (χ4v) is 5.51. The Morgan fingerprint density at radius 2 is 1.97 bits per heavy atom. The minimum atomic E-state index is -0.697.